The van der Waals surface area contributed by atoms with Gasteiger partial charge in [-0.1, -0.05) is 52.0 Å². The van der Waals surface area contributed by atoms with Gasteiger partial charge in [0.25, 0.3) is 0 Å². The highest BCUT2D eigenvalue weighted by Crippen LogP contribution is 2.35. The summed E-state index contributed by atoms with van der Waals surface area (Å²) in [6.45, 7) is 8.98. The number of rotatable bonds is 6. The fourth-order valence-corrected chi connectivity index (χ4v) is 2.72. The summed E-state index contributed by atoms with van der Waals surface area (Å²) in [6, 6.07) is 0.0268. The summed E-state index contributed by atoms with van der Waals surface area (Å²) in [5.41, 5.74) is 13.1. The minimum absolute atomic E-state index is 0.0268. The van der Waals surface area contributed by atoms with Crippen molar-refractivity contribution < 1.29 is 0 Å². The lowest BCUT2D eigenvalue weighted by Crippen LogP contribution is -2.43. The van der Waals surface area contributed by atoms with Crippen LogP contribution in [0, 0.1) is 17.3 Å². The second kappa shape index (κ2) is 6.95. The first kappa shape index (κ1) is 16.0. The largest absolute Gasteiger partial charge is 0.402 e. The van der Waals surface area contributed by atoms with Gasteiger partial charge in [-0.3, -0.25) is 0 Å². The fraction of sp³-hybridized carbons (Fsp3) is 0.647. The van der Waals surface area contributed by atoms with Crippen LogP contribution >= 0.6 is 0 Å². The maximum Gasteiger partial charge on any atom is 0.0336 e. The molecular weight excluding hydrogens is 232 g/mol. The van der Waals surface area contributed by atoms with Gasteiger partial charge in [0, 0.05) is 17.2 Å². The molecule has 0 saturated carbocycles. The van der Waals surface area contributed by atoms with Crippen LogP contribution in [-0.4, -0.2) is 6.04 Å². The highest BCUT2D eigenvalue weighted by atomic mass is 14.8. The van der Waals surface area contributed by atoms with E-state index >= 15 is 0 Å². The van der Waals surface area contributed by atoms with Gasteiger partial charge in [0.15, 0.2) is 0 Å². The number of allylic oxidation sites excluding steroid dienone is 4. The zero-order valence-electron chi connectivity index (χ0n) is 12.9. The van der Waals surface area contributed by atoms with Gasteiger partial charge in [-0.05, 0) is 37.2 Å². The summed E-state index contributed by atoms with van der Waals surface area (Å²) in [5, 5.41) is 0. The Bertz CT molecular complexity index is 365. The minimum Gasteiger partial charge on any atom is -0.402 e. The molecule has 2 heteroatoms. The molecule has 0 spiro atoms. The van der Waals surface area contributed by atoms with Crippen LogP contribution in [-0.2, 0) is 0 Å². The lowest BCUT2D eigenvalue weighted by molar-refractivity contribution is 0.320. The monoisotopic (exact) mass is 262 g/mol. The first-order valence-electron chi connectivity index (χ1n) is 7.43. The first-order valence-corrected chi connectivity index (χ1v) is 7.43. The van der Waals surface area contributed by atoms with Gasteiger partial charge in [-0.25, -0.2) is 0 Å². The second-order valence-electron chi connectivity index (χ2n) is 6.52. The standard InChI is InChI=1S/C17H30N2/c1-13(2)12-14(3)8-5-6-11-17(4)15(18)9-7-10-16(17)19/h5,7-10,13-15H,6,11-12,18-19H2,1-4H3/b8-5+. The van der Waals surface area contributed by atoms with Crippen LogP contribution in [0.1, 0.15) is 47.0 Å². The number of hydrogen-bond acceptors (Lipinski definition) is 2. The van der Waals surface area contributed by atoms with Crippen molar-refractivity contribution in [1.29, 1.82) is 0 Å². The quantitative estimate of drug-likeness (QED) is 0.716. The van der Waals surface area contributed by atoms with E-state index in [-0.39, 0.29) is 11.5 Å². The lowest BCUT2D eigenvalue weighted by atomic mass is 9.73. The molecule has 3 unspecified atom stereocenters. The van der Waals surface area contributed by atoms with Crippen LogP contribution in [0.5, 0.6) is 0 Å². The summed E-state index contributed by atoms with van der Waals surface area (Å²) < 4.78 is 0. The molecule has 0 fully saturated rings. The van der Waals surface area contributed by atoms with Crippen molar-refractivity contribution in [2.75, 3.05) is 0 Å². The van der Waals surface area contributed by atoms with Gasteiger partial charge in [0.2, 0.25) is 0 Å². The van der Waals surface area contributed by atoms with E-state index in [4.69, 9.17) is 11.5 Å². The Morgan fingerprint density at radius 3 is 2.63 bits per heavy atom. The molecule has 0 heterocycles. The van der Waals surface area contributed by atoms with Crippen molar-refractivity contribution in [3.05, 3.63) is 36.1 Å². The van der Waals surface area contributed by atoms with Crippen molar-refractivity contribution in [2.45, 2.75) is 53.0 Å². The Kier molecular flexibility index (Phi) is 5.86. The molecule has 0 aliphatic heterocycles. The Labute approximate surface area is 118 Å². The molecule has 0 bridgehead atoms. The van der Waals surface area contributed by atoms with Gasteiger partial charge in [-0.2, -0.15) is 0 Å². The van der Waals surface area contributed by atoms with Crippen molar-refractivity contribution in [2.24, 2.45) is 28.7 Å². The molecule has 4 N–H and O–H groups in total. The summed E-state index contributed by atoms with van der Waals surface area (Å²) >= 11 is 0. The molecule has 1 aliphatic rings. The summed E-state index contributed by atoms with van der Waals surface area (Å²) in [4.78, 5) is 0. The predicted octanol–water partition coefficient (Wildman–Crippen LogP) is 3.75. The molecule has 0 aromatic carbocycles. The molecule has 1 rings (SSSR count). The Morgan fingerprint density at radius 1 is 1.37 bits per heavy atom. The molecule has 0 amide bonds. The average Bonchev–Trinajstić information content (AvgIpc) is 2.31. The molecule has 108 valence electrons. The fourth-order valence-electron chi connectivity index (χ4n) is 2.72. The van der Waals surface area contributed by atoms with Gasteiger partial charge in [0.1, 0.15) is 0 Å². The maximum absolute atomic E-state index is 6.18. The summed E-state index contributed by atoms with van der Waals surface area (Å²) in [6.07, 6.45) is 13.9. The average molecular weight is 262 g/mol. The third kappa shape index (κ3) is 4.54. The Morgan fingerprint density at radius 2 is 2.05 bits per heavy atom. The Balaban J connectivity index is 2.46. The van der Waals surface area contributed by atoms with Gasteiger partial charge in [-0.15, -0.1) is 0 Å². The number of nitrogens with two attached hydrogens (primary N) is 2. The molecule has 0 saturated heterocycles. The van der Waals surface area contributed by atoms with Crippen LogP contribution in [0.2, 0.25) is 0 Å². The van der Waals surface area contributed by atoms with Crippen molar-refractivity contribution >= 4 is 0 Å². The van der Waals surface area contributed by atoms with Gasteiger partial charge < -0.3 is 11.5 Å². The summed E-state index contributed by atoms with van der Waals surface area (Å²) in [5.74, 6) is 1.41. The Hall–Kier alpha value is -1.02. The highest BCUT2D eigenvalue weighted by molar-refractivity contribution is 5.28. The van der Waals surface area contributed by atoms with E-state index < -0.39 is 0 Å². The number of hydrogen-bond donors (Lipinski definition) is 2. The molecule has 2 nitrogen and oxygen atoms in total. The van der Waals surface area contributed by atoms with Crippen LogP contribution in [0.15, 0.2) is 36.1 Å². The molecule has 0 radical (unpaired) electrons. The zero-order valence-corrected chi connectivity index (χ0v) is 12.9. The molecule has 3 atom stereocenters. The van der Waals surface area contributed by atoms with E-state index in [0.29, 0.717) is 5.92 Å². The van der Waals surface area contributed by atoms with E-state index in [0.717, 1.165) is 24.5 Å². The smallest absolute Gasteiger partial charge is 0.0336 e. The van der Waals surface area contributed by atoms with Gasteiger partial charge >= 0.3 is 0 Å². The lowest BCUT2D eigenvalue weighted by Gasteiger charge is -2.36. The van der Waals surface area contributed by atoms with Crippen LogP contribution in [0.25, 0.3) is 0 Å². The molecule has 0 aromatic rings. The van der Waals surface area contributed by atoms with E-state index in [9.17, 15) is 0 Å². The van der Waals surface area contributed by atoms with Crippen LogP contribution in [0.3, 0.4) is 0 Å². The third-order valence-electron chi connectivity index (χ3n) is 4.13. The van der Waals surface area contributed by atoms with Crippen molar-refractivity contribution in [1.82, 2.24) is 0 Å². The van der Waals surface area contributed by atoms with Crippen LogP contribution < -0.4 is 11.5 Å². The molecular formula is C17H30N2. The topological polar surface area (TPSA) is 52.0 Å². The van der Waals surface area contributed by atoms with Gasteiger partial charge in [0.05, 0.1) is 0 Å². The maximum atomic E-state index is 6.18. The van der Waals surface area contributed by atoms with E-state index in [1.807, 2.05) is 18.2 Å². The summed E-state index contributed by atoms with van der Waals surface area (Å²) in [7, 11) is 0. The third-order valence-corrected chi connectivity index (χ3v) is 4.13. The highest BCUT2D eigenvalue weighted by Gasteiger charge is 2.33. The molecule has 0 aromatic heterocycles. The van der Waals surface area contributed by atoms with E-state index in [1.165, 1.54) is 6.42 Å². The van der Waals surface area contributed by atoms with Crippen LogP contribution in [0.4, 0.5) is 0 Å². The zero-order chi connectivity index (χ0) is 14.5. The first-order chi connectivity index (χ1) is 8.86. The minimum atomic E-state index is -0.0968. The van der Waals surface area contributed by atoms with E-state index in [2.05, 4.69) is 39.8 Å². The van der Waals surface area contributed by atoms with E-state index in [1.54, 1.807) is 0 Å². The normalized spacial score (nSPS) is 28.9. The second-order valence-corrected chi connectivity index (χ2v) is 6.52. The molecule has 1 aliphatic carbocycles. The van der Waals surface area contributed by atoms with Crippen molar-refractivity contribution in [3.63, 3.8) is 0 Å². The molecule has 19 heavy (non-hydrogen) atoms. The SMILES string of the molecule is CC(C)CC(C)/C=C/CCC1(C)C(N)=CC=CC1N. The van der Waals surface area contributed by atoms with Crippen molar-refractivity contribution in [3.8, 4) is 0 Å². The predicted molar refractivity (Wildman–Crippen MR) is 84.5 cm³/mol.